The van der Waals surface area contributed by atoms with Crippen LogP contribution in [0.1, 0.15) is 41.3 Å². The Balaban J connectivity index is 2.10. The minimum Gasteiger partial charge on any atom is -0.440 e. The summed E-state index contributed by atoms with van der Waals surface area (Å²) in [5.41, 5.74) is 5.75. The lowest BCUT2D eigenvalue weighted by Crippen LogP contribution is -2.28. The Bertz CT molecular complexity index is 580. The highest BCUT2D eigenvalue weighted by molar-refractivity contribution is 5.81. The van der Waals surface area contributed by atoms with Gasteiger partial charge in [-0.15, -0.1) is 0 Å². The van der Waals surface area contributed by atoms with Crippen LogP contribution in [-0.4, -0.2) is 18.1 Å². The molecule has 3 rings (SSSR count). The van der Waals surface area contributed by atoms with Crippen molar-refractivity contribution in [2.75, 3.05) is 13.1 Å². The Morgan fingerprint density at radius 1 is 1.28 bits per heavy atom. The first kappa shape index (κ1) is 11.7. The minimum absolute atomic E-state index is 0.435. The van der Waals surface area contributed by atoms with Crippen molar-refractivity contribution in [1.29, 1.82) is 0 Å². The van der Waals surface area contributed by atoms with E-state index in [0.717, 1.165) is 30.1 Å². The van der Waals surface area contributed by atoms with Crippen molar-refractivity contribution in [2.24, 2.45) is 0 Å². The summed E-state index contributed by atoms with van der Waals surface area (Å²) in [4.78, 5) is 4.75. The summed E-state index contributed by atoms with van der Waals surface area (Å²) in [5.74, 6) is 1.35. The van der Waals surface area contributed by atoms with Crippen molar-refractivity contribution in [1.82, 2.24) is 10.3 Å². The fourth-order valence-corrected chi connectivity index (χ4v) is 2.78. The fraction of sp³-hybridized carbons (Fsp3) is 0.533. The molecule has 18 heavy (non-hydrogen) atoms. The third-order valence-electron chi connectivity index (χ3n) is 4.03. The predicted octanol–water partition coefficient (Wildman–Crippen LogP) is 3.22. The smallest absolute Gasteiger partial charge is 0.199 e. The first-order valence-electron chi connectivity index (χ1n) is 6.75. The van der Waals surface area contributed by atoms with E-state index in [4.69, 9.17) is 9.40 Å². The molecule has 0 amide bonds. The van der Waals surface area contributed by atoms with Gasteiger partial charge in [-0.25, -0.2) is 4.98 Å². The van der Waals surface area contributed by atoms with Crippen molar-refractivity contribution >= 4 is 11.1 Å². The molecule has 2 aromatic rings. The van der Waals surface area contributed by atoms with Crippen LogP contribution in [0.15, 0.2) is 10.5 Å². The molecule has 0 bridgehead atoms. The molecule has 1 N–H and O–H groups in total. The van der Waals surface area contributed by atoms with Gasteiger partial charge in [-0.1, -0.05) is 6.07 Å². The van der Waals surface area contributed by atoms with Crippen LogP contribution in [0.2, 0.25) is 0 Å². The Kier molecular flexibility index (Phi) is 2.86. The van der Waals surface area contributed by atoms with Crippen LogP contribution >= 0.6 is 0 Å². The van der Waals surface area contributed by atoms with Crippen molar-refractivity contribution in [3.8, 4) is 0 Å². The van der Waals surface area contributed by atoms with Gasteiger partial charge in [-0.3, -0.25) is 0 Å². The van der Waals surface area contributed by atoms with Crippen LogP contribution in [0.25, 0.3) is 11.1 Å². The summed E-state index contributed by atoms with van der Waals surface area (Å²) >= 11 is 0. The van der Waals surface area contributed by atoms with Crippen LogP contribution < -0.4 is 5.32 Å². The van der Waals surface area contributed by atoms with Gasteiger partial charge < -0.3 is 9.73 Å². The molecule has 96 valence electrons. The van der Waals surface area contributed by atoms with Crippen LogP contribution in [0.4, 0.5) is 0 Å². The number of benzene rings is 1. The first-order chi connectivity index (χ1) is 8.66. The molecule has 1 aliphatic rings. The van der Waals surface area contributed by atoms with Gasteiger partial charge in [0.25, 0.3) is 0 Å². The van der Waals surface area contributed by atoms with Crippen molar-refractivity contribution in [3.05, 3.63) is 28.6 Å². The van der Waals surface area contributed by atoms with E-state index >= 15 is 0 Å². The standard InChI is InChI=1S/C15H20N2O/c1-9-7-10(2)14-13(11(9)3)17-15(18-14)12-5-4-6-16-8-12/h7,12,16H,4-6,8H2,1-3H3. The number of aryl methyl sites for hydroxylation is 3. The lowest BCUT2D eigenvalue weighted by atomic mass is 10.00. The summed E-state index contributed by atoms with van der Waals surface area (Å²) in [5, 5.41) is 3.42. The van der Waals surface area contributed by atoms with E-state index in [1.54, 1.807) is 0 Å². The SMILES string of the molecule is Cc1cc(C)c2oc(C3CCCNC3)nc2c1C. The molecule has 0 spiro atoms. The van der Waals surface area contributed by atoms with Gasteiger partial charge in [0, 0.05) is 12.5 Å². The molecule has 0 aliphatic carbocycles. The lowest BCUT2D eigenvalue weighted by Gasteiger charge is -2.19. The maximum absolute atomic E-state index is 6.02. The largest absolute Gasteiger partial charge is 0.440 e. The van der Waals surface area contributed by atoms with Crippen molar-refractivity contribution in [3.63, 3.8) is 0 Å². The number of rotatable bonds is 1. The Labute approximate surface area is 108 Å². The van der Waals surface area contributed by atoms with Crippen molar-refractivity contribution in [2.45, 2.75) is 39.5 Å². The molecule has 1 saturated heterocycles. The molecule has 1 aromatic carbocycles. The highest BCUT2D eigenvalue weighted by Crippen LogP contribution is 2.30. The van der Waals surface area contributed by atoms with E-state index in [9.17, 15) is 0 Å². The molecular formula is C15H20N2O. The zero-order valence-corrected chi connectivity index (χ0v) is 11.3. The third-order valence-corrected chi connectivity index (χ3v) is 4.03. The van der Waals surface area contributed by atoms with Gasteiger partial charge in [0.2, 0.25) is 0 Å². The number of fused-ring (bicyclic) bond motifs is 1. The number of hydrogen-bond donors (Lipinski definition) is 1. The van der Waals surface area contributed by atoms with Gasteiger partial charge >= 0.3 is 0 Å². The summed E-state index contributed by atoms with van der Waals surface area (Å²) < 4.78 is 6.02. The molecule has 1 atom stereocenters. The lowest BCUT2D eigenvalue weighted by molar-refractivity contribution is 0.387. The Hall–Kier alpha value is -1.35. The van der Waals surface area contributed by atoms with Gasteiger partial charge in [0.1, 0.15) is 5.52 Å². The molecule has 1 fully saturated rings. The third kappa shape index (κ3) is 1.83. The van der Waals surface area contributed by atoms with E-state index in [0.29, 0.717) is 5.92 Å². The van der Waals surface area contributed by atoms with Crippen LogP contribution in [-0.2, 0) is 0 Å². The first-order valence-corrected chi connectivity index (χ1v) is 6.75. The molecule has 3 heteroatoms. The van der Waals surface area contributed by atoms with Gasteiger partial charge in [0.05, 0.1) is 0 Å². The van der Waals surface area contributed by atoms with E-state index in [1.165, 1.54) is 29.5 Å². The van der Waals surface area contributed by atoms with Gasteiger partial charge in [-0.05, 0) is 56.8 Å². The number of nitrogens with zero attached hydrogens (tertiary/aromatic N) is 1. The Morgan fingerprint density at radius 2 is 2.11 bits per heavy atom. The second kappa shape index (κ2) is 4.39. The zero-order valence-electron chi connectivity index (χ0n) is 11.3. The number of piperidine rings is 1. The molecule has 0 radical (unpaired) electrons. The second-order valence-electron chi connectivity index (χ2n) is 5.41. The normalized spacial score (nSPS) is 20.5. The van der Waals surface area contributed by atoms with Crippen LogP contribution in [0, 0.1) is 20.8 Å². The molecule has 2 heterocycles. The zero-order chi connectivity index (χ0) is 12.7. The maximum Gasteiger partial charge on any atom is 0.199 e. The van der Waals surface area contributed by atoms with E-state index < -0.39 is 0 Å². The summed E-state index contributed by atoms with van der Waals surface area (Å²) in [6.45, 7) is 8.47. The summed E-state index contributed by atoms with van der Waals surface area (Å²) in [7, 11) is 0. The molecule has 1 unspecified atom stereocenters. The number of hydrogen-bond acceptors (Lipinski definition) is 3. The van der Waals surface area contributed by atoms with E-state index in [2.05, 4.69) is 32.2 Å². The highest BCUT2D eigenvalue weighted by Gasteiger charge is 2.22. The number of nitrogens with one attached hydrogen (secondary N) is 1. The topological polar surface area (TPSA) is 38.1 Å². The van der Waals surface area contributed by atoms with Crippen molar-refractivity contribution < 1.29 is 4.42 Å². The summed E-state index contributed by atoms with van der Waals surface area (Å²) in [6, 6.07) is 2.19. The van der Waals surface area contributed by atoms with Crippen LogP contribution in [0.5, 0.6) is 0 Å². The average Bonchev–Trinajstić information content (AvgIpc) is 2.83. The van der Waals surface area contributed by atoms with Crippen LogP contribution in [0.3, 0.4) is 0 Å². The minimum atomic E-state index is 0.435. The number of oxazole rings is 1. The summed E-state index contributed by atoms with van der Waals surface area (Å²) in [6.07, 6.45) is 2.39. The molecular weight excluding hydrogens is 224 g/mol. The quantitative estimate of drug-likeness (QED) is 0.837. The monoisotopic (exact) mass is 244 g/mol. The average molecular weight is 244 g/mol. The van der Waals surface area contributed by atoms with E-state index in [1.807, 2.05) is 0 Å². The van der Waals surface area contributed by atoms with Gasteiger partial charge in [-0.2, -0.15) is 0 Å². The molecule has 1 aromatic heterocycles. The molecule has 3 nitrogen and oxygen atoms in total. The Morgan fingerprint density at radius 3 is 2.83 bits per heavy atom. The highest BCUT2D eigenvalue weighted by atomic mass is 16.3. The van der Waals surface area contributed by atoms with E-state index in [-0.39, 0.29) is 0 Å². The molecule has 1 aliphatic heterocycles. The predicted molar refractivity (Wildman–Crippen MR) is 73.1 cm³/mol. The fourth-order valence-electron chi connectivity index (χ4n) is 2.78. The van der Waals surface area contributed by atoms with Gasteiger partial charge in [0.15, 0.2) is 11.5 Å². The second-order valence-corrected chi connectivity index (χ2v) is 5.41. The number of aromatic nitrogens is 1. The maximum atomic E-state index is 6.02. The molecule has 0 saturated carbocycles.